The molecule has 1 aromatic heterocycles. The number of nitrogens with two attached hydrogens (primary N) is 2. The first-order chi connectivity index (χ1) is 14.7. The van der Waals surface area contributed by atoms with E-state index in [1.54, 1.807) is 6.07 Å². The molecular formula is C23H33N5O3. The van der Waals surface area contributed by atoms with Crippen LogP contribution in [0.2, 0.25) is 0 Å². The summed E-state index contributed by atoms with van der Waals surface area (Å²) in [6.45, 7) is 8.57. The summed E-state index contributed by atoms with van der Waals surface area (Å²) in [5.74, 6) is -0.361. The SMILES string of the molecule is Cc1nn(-c2ccc(C(N)=O)c(NCCCOCCCN)c2)c2c1C(=O)CC(C)(C)C2. The van der Waals surface area contributed by atoms with E-state index in [0.29, 0.717) is 44.0 Å². The molecule has 168 valence electrons. The fourth-order valence-corrected chi connectivity index (χ4v) is 4.06. The Kier molecular flexibility index (Phi) is 7.12. The Morgan fingerprint density at radius 3 is 2.71 bits per heavy atom. The first kappa shape index (κ1) is 23.0. The summed E-state index contributed by atoms with van der Waals surface area (Å²) in [7, 11) is 0. The number of Topliss-reactive ketones (excluding diaryl/α,β-unsaturated/α-hetero) is 1. The number of carbonyl (C=O) groups excluding carboxylic acids is 2. The molecule has 0 spiro atoms. The molecule has 0 fully saturated rings. The van der Waals surface area contributed by atoms with Crippen molar-refractivity contribution in [3.8, 4) is 5.69 Å². The summed E-state index contributed by atoms with van der Waals surface area (Å²) < 4.78 is 7.35. The first-order valence-electron chi connectivity index (χ1n) is 10.8. The summed E-state index contributed by atoms with van der Waals surface area (Å²) in [4.78, 5) is 24.6. The maximum atomic E-state index is 12.7. The van der Waals surface area contributed by atoms with Gasteiger partial charge in [0.1, 0.15) is 0 Å². The number of primary amides is 1. The first-order valence-corrected chi connectivity index (χ1v) is 10.8. The lowest BCUT2D eigenvalue weighted by Gasteiger charge is -2.29. The molecule has 8 heteroatoms. The van der Waals surface area contributed by atoms with Crippen molar-refractivity contribution < 1.29 is 14.3 Å². The van der Waals surface area contributed by atoms with Crippen molar-refractivity contribution in [1.82, 2.24) is 9.78 Å². The Bertz CT molecular complexity index is 964. The molecule has 0 atom stereocenters. The van der Waals surface area contributed by atoms with E-state index in [0.717, 1.165) is 41.9 Å². The minimum Gasteiger partial charge on any atom is -0.384 e. The van der Waals surface area contributed by atoms with E-state index in [-0.39, 0.29) is 11.2 Å². The zero-order chi connectivity index (χ0) is 22.6. The molecular weight excluding hydrogens is 394 g/mol. The lowest BCUT2D eigenvalue weighted by Crippen LogP contribution is -2.28. The van der Waals surface area contributed by atoms with Crippen molar-refractivity contribution >= 4 is 17.4 Å². The molecule has 8 nitrogen and oxygen atoms in total. The van der Waals surface area contributed by atoms with Crippen LogP contribution < -0.4 is 16.8 Å². The summed E-state index contributed by atoms with van der Waals surface area (Å²) >= 11 is 0. The van der Waals surface area contributed by atoms with E-state index in [9.17, 15) is 9.59 Å². The Morgan fingerprint density at radius 1 is 1.26 bits per heavy atom. The highest BCUT2D eigenvalue weighted by atomic mass is 16.5. The number of rotatable bonds is 10. The van der Waals surface area contributed by atoms with E-state index < -0.39 is 5.91 Å². The van der Waals surface area contributed by atoms with Crippen LogP contribution in [0.1, 0.15) is 65.2 Å². The minimum atomic E-state index is -0.497. The predicted molar refractivity (Wildman–Crippen MR) is 121 cm³/mol. The fourth-order valence-electron chi connectivity index (χ4n) is 4.06. The highest BCUT2D eigenvalue weighted by Crippen LogP contribution is 2.37. The molecule has 1 amide bonds. The van der Waals surface area contributed by atoms with Gasteiger partial charge in [-0.1, -0.05) is 13.8 Å². The zero-order valence-electron chi connectivity index (χ0n) is 18.7. The largest absolute Gasteiger partial charge is 0.384 e. The molecule has 0 saturated carbocycles. The summed E-state index contributed by atoms with van der Waals surface area (Å²) in [6, 6.07) is 5.39. The van der Waals surface area contributed by atoms with Gasteiger partial charge < -0.3 is 21.5 Å². The molecule has 1 aliphatic carbocycles. The average Bonchev–Trinajstić information content (AvgIpc) is 3.02. The number of fused-ring (bicyclic) bond motifs is 1. The second-order valence-electron chi connectivity index (χ2n) is 8.89. The van der Waals surface area contributed by atoms with Crippen LogP contribution in [0.3, 0.4) is 0 Å². The van der Waals surface area contributed by atoms with Crippen LogP contribution >= 0.6 is 0 Å². The van der Waals surface area contributed by atoms with Crippen LogP contribution in [0.4, 0.5) is 5.69 Å². The van der Waals surface area contributed by atoms with Gasteiger partial charge in [-0.05, 0) is 56.3 Å². The van der Waals surface area contributed by atoms with Crippen molar-refractivity contribution in [2.75, 3.05) is 31.6 Å². The van der Waals surface area contributed by atoms with E-state index in [1.165, 1.54) is 0 Å². The molecule has 1 aromatic carbocycles. The van der Waals surface area contributed by atoms with Crippen LogP contribution in [0.15, 0.2) is 18.2 Å². The summed E-state index contributed by atoms with van der Waals surface area (Å²) in [6.07, 6.45) is 2.91. The Labute approximate surface area is 183 Å². The summed E-state index contributed by atoms with van der Waals surface area (Å²) in [5.41, 5.74) is 15.2. The quantitative estimate of drug-likeness (QED) is 0.501. The maximum Gasteiger partial charge on any atom is 0.250 e. The molecule has 5 N–H and O–H groups in total. The number of nitrogens with zero attached hydrogens (tertiary/aromatic N) is 2. The Balaban J connectivity index is 1.84. The second-order valence-corrected chi connectivity index (χ2v) is 8.89. The third kappa shape index (κ3) is 5.32. The third-order valence-electron chi connectivity index (χ3n) is 5.51. The standard InChI is InChI=1S/C23H33N5O3/c1-15-21-19(13-23(2,3)14-20(21)29)28(27-15)16-6-7-17(22(25)30)18(12-16)26-9-5-11-31-10-4-8-24/h6-7,12,26H,4-5,8-11,13-14,24H2,1-3H3,(H2,25,30). The van der Waals surface area contributed by atoms with Gasteiger partial charge in [-0.3, -0.25) is 9.59 Å². The van der Waals surface area contributed by atoms with Gasteiger partial charge in [0.25, 0.3) is 5.91 Å². The van der Waals surface area contributed by atoms with Gasteiger partial charge in [-0.2, -0.15) is 5.10 Å². The molecule has 0 radical (unpaired) electrons. The van der Waals surface area contributed by atoms with Crippen LogP contribution in [-0.4, -0.2) is 47.8 Å². The normalized spacial score (nSPS) is 15.0. The Hall–Kier alpha value is -2.71. The van der Waals surface area contributed by atoms with Crippen LogP contribution in [0.5, 0.6) is 0 Å². The maximum absolute atomic E-state index is 12.7. The number of amides is 1. The van der Waals surface area contributed by atoms with Gasteiger partial charge >= 0.3 is 0 Å². The summed E-state index contributed by atoms with van der Waals surface area (Å²) in [5, 5.41) is 7.95. The zero-order valence-corrected chi connectivity index (χ0v) is 18.7. The molecule has 31 heavy (non-hydrogen) atoms. The van der Waals surface area contributed by atoms with E-state index in [1.807, 2.05) is 23.7 Å². The molecule has 0 bridgehead atoms. The van der Waals surface area contributed by atoms with Crippen molar-refractivity contribution in [1.29, 1.82) is 0 Å². The van der Waals surface area contributed by atoms with Gasteiger partial charge in [0.2, 0.25) is 0 Å². The molecule has 0 saturated heterocycles. The number of aromatic nitrogens is 2. The van der Waals surface area contributed by atoms with E-state index in [4.69, 9.17) is 16.2 Å². The number of hydrogen-bond donors (Lipinski definition) is 3. The molecule has 0 aliphatic heterocycles. The smallest absolute Gasteiger partial charge is 0.250 e. The van der Waals surface area contributed by atoms with Gasteiger partial charge in [-0.15, -0.1) is 0 Å². The van der Waals surface area contributed by atoms with E-state index >= 15 is 0 Å². The van der Waals surface area contributed by atoms with Gasteiger partial charge in [0.15, 0.2) is 5.78 Å². The molecule has 1 heterocycles. The van der Waals surface area contributed by atoms with Crippen LogP contribution in [0, 0.1) is 12.3 Å². The highest BCUT2D eigenvalue weighted by Gasteiger charge is 2.35. The number of anilines is 1. The van der Waals surface area contributed by atoms with Crippen LogP contribution in [0.25, 0.3) is 5.69 Å². The lowest BCUT2D eigenvalue weighted by molar-refractivity contribution is 0.0909. The minimum absolute atomic E-state index is 0.119. The Morgan fingerprint density at radius 2 is 2.00 bits per heavy atom. The average molecular weight is 428 g/mol. The van der Waals surface area contributed by atoms with Crippen molar-refractivity contribution in [2.45, 2.75) is 46.5 Å². The number of nitrogens with one attached hydrogen (secondary N) is 1. The topological polar surface area (TPSA) is 125 Å². The number of hydrogen-bond acceptors (Lipinski definition) is 6. The van der Waals surface area contributed by atoms with E-state index in [2.05, 4.69) is 24.3 Å². The third-order valence-corrected chi connectivity index (χ3v) is 5.51. The highest BCUT2D eigenvalue weighted by molar-refractivity contribution is 6.00. The predicted octanol–water partition coefficient (Wildman–Crippen LogP) is 2.60. The number of ether oxygens (including phenoxy) is 1. The fraction of sp³-hybridized carbons (Fsp3) is 0.522. The number of ketones is 1. The van der Waals surface area contributed by atoms with Crippen molar-refractivity contribution in [2.24, 2.45) is 16.9 Å². The second kappa shape index (κ2) is 9.62. The van der Waals surface area contributed by atoms with Gasteiger partial charge in [0, 0.05) is 31.9 Å². The molecule has 0 unspecified atom stereocenters. The lowest BCUT2D eigenvalue weighted by atomic mass is 9.75. The van der Waals surface area contributed by atoms with Crippen LogP contribution in [-0.2, 0) is 11.2 Å². The molecule has 2 aromatic rings. The number of carbonyl (C=O) groups is 2. The number of aryl methyl sites for hydroxylation is 1. The van der Waals surface area contributed by atoms with Crippen molar-refractivity contribution in [3.05, 3.63) is 40.7 Å². The van der Waals surface area contributed by atoms with Gasteiger partial charge in [-0.25, -0.2) is 4.68 Å². The number of benzene rings is 1. The monoisotopic (exact) mass is 427 g/mol. The van der Waals surface area contributed by atoms with Crippen molar-refractivity contribution in [3.63, 3.8) is 0 Å². The van der Waals surface area contributed by atoms with Gasteiger partial charge in [0.05, 0.1) is 28.2 Å². The molecule has 3 rings (SSSR count). The molecule has 1 aliphatic rings.